The molecule has 0 aliphatic carbocycles. The average molecular weight is 1170 g/mol. The molecule has 426 valence electrons. The van der Waals surface area contributed by atoms with Gasteiger partial charge in [0.1, 0.15) is 11.6 Å². The zero-order chi connectivity index (χ0) is 60.3. The number of pyridine rings is 1. The van der Waals surface area contributed by atoms with E-state index < -0.39 is 0 Å². The van der Waals surface area contributed by atoms with E-state index in [0.29, 0.717) is 5.56 Å². The van der Waals surface area contributed by atoms with E-state index in [0.717, 1.165) is 133 Å². The molecule has 0 radical (unpaired) electrons. The first-order chi connectivity index (χ1) is 45.6. The third kappa shape index (κ3) is 7.13. The molecule has 0 atom stereocenters. The first kappa shape index (κ1) is 50.3. The van der Waals surface area contributed by atoms with Crippen LogP contribution in [-0.2, 0) is 0 Å². The van der Waals surface area contributed by atoms with Gasteiger partial charge in [-0.15, -0.1) is 0 Å². The molecule has 8 heteroatoms. The van der Waals surface area contributed by atoms with Crippen LogP contribution in [0.4, 0.5) is 0 Å². The summed E-state index contributed by atoms with van der Waals surface area (Å²) in [5.41, 5.74) is 20.0. The van der Waals surface area contributed by atoms with Crippen molar-refractivity contribution in [1.29, 1.82) is 5.26 Å². The third-order valence-electron chi connectivity index (χ3n) is 19.4. The molecule has 7 aromatic heterocycles. The molecule has 0 aliphatic rings. The van der Waals surface area contributed by atoms with E-state index in [4.69, 9.17) is 4.98 Å². The van der Waals surface area contributed by atoms with Gasteiger partial charge in [-0.05, 0) is 157 Å². The topological polar surface area (TPSA) is 66.3 Å². The second kappa shape index (κ2) is 19.2. The summed E-state index contributed by atoms with van der Waals surface area (Å²) in [6.45, 7) is 0. The van der Waals surface area contributed by atoms with Crippen molar-refractivity contribution in [1.82, 2.24) is 32.4 Å². The van der Waals surface area contributed by atoms with Crippen molar-refractivity contribution in [3.8, 4) is 51.6 Å². The van der Waals surface area contributed by atoms with E-state index in [1.165, 1.54) is 43.1 Å². The normalized spacial score (nSPS) is 12.1. The van der Waals surface area contributed by atoms with Gasteiger partial charge < -0.3 is 18.3 Å². The summed E-state index contributed by atoms with van der Waals surface area (Å²) in [7, 11) is 0. The number of aromatic nitrogens is 7. The lowest BCUT2D eigenvalue weighted by molar-refractivity contribution is 1.01. The number of nitriles is 1. The van der Waals surface area contributed by atoms with Gasteiger partial charge in [0, 0.05) is 87.4 Å². The van der Waals surface area contributed by atoms with Gasteiger partial charge in [-0.3, -0.25) is 9.13 Å². The van der Waals surface area contributed by atoms with E-state index in [1.54, 1.807) is 0 Å². The van der Waals surface area contributed by atoms with Crippen LogP contribution in [0.1, 0.15) is 5.56 Å². The van der Waals surface area contributed by atoms with Crippen LogP contribution in [0.25, 0.3) is 176 Å². The molecule has 0 unspecified atom stereocenters. The number of rotatable bonds is 7. The summed E-state index contributed by atoms with van der Waals surface area (Å²) in [5.74, 6) is 1.49. The smallest absolute Gasteiger partial charge is 0.140 e. The number of para-hydroxylation sites is 8. The first-order valence-corrected chi connectivity index (χ1v) is 31.2. The van der Waals surface area contributed by atoms with Gasteiger partial charge >= 0.3 is 0 Å². The zero-order valence-electron chi connectivity index (χ0n) is 49.4. The van der Waals surface area contributed by atoms with E-state index in [-0.39, 0.29) is 0 Å². The molecular weight excluding hydrogens is 1120 g/mol. The summed E-state index contributed by atoms with van der Waals surface area (Å²) < 4.78 is 14.3. The number of hydrogen-bond donors (Lipinski definition) is 0. The van der Waals surface area contributed by atoms with Gasteiger partial charge in [0.15, 0.2) is 0 Å². The molecule has 0 saturated carbocycles. The highest BCUT2D eigenvalue weighted by atomic mass is 15.1. The monoisotopic (exact) mass is 1170 g/mol. The molecule has 20 aromatic rings. The van der Waals surface area contributed by atoms with E-state index in [2.05, 4.69) is 319 Å². The first-order valence-electron chi connectivity index (χ1n) is 31.2. The van der Waals surface area contributed by atoms with Crippen LogP contribution >= 0.6 is 0 Å². The molecule has 0 N–H and O–H groups in total. The van der Waals surface area contributed by atoms with Gasteiger partial charge in [0.2, 0.25) is 0 Å². The second-order valence-corrected chi connectivity index (χ2v) is 24.2. The maximum Gasteiger partial charge on any atom is 0.140 e. The Morgan fingerprint density at radius 3 is 0.717 bits per heavy atom. The predicted octanol–water partition coefficient (Wildman–Crippen LogP) is 21.2. The quantitative estimate of drug-likeness (QED) is 0.160. The Hall–Kier alpha value is -12.7. The molecule has 8 nitrogen and oxygen atoms in total. The summed E-state index contributed by atoms with van der Waals surface area (Å²) in [4.78, 5) is 5.94. The molecule has 0 spiro atoms. The number of benzene rings is 13. The molecule has 92 heavy (non-hydrogen) atoms. The minimum atomic E-state index is 0.585. The van der Waals surface area contributed by atoms with Crippen LogP contribution in [0.5, 0.6) is 0 Å². The lowest BCUT2D eigenvalue weighted by atomic mass is 10.0. The van der Waals surface area contributed by atoms with Gasteiger partial charge in [0.25, 0.3) is 0 Å². The zero-order valence-corrected chi connectivity index (χ0v) is 49.4. The van der Waals surface area contributed by atoms with Crippen LogP contribution in [0.15, 0.2) is 303 Å². The van der Waals surface area contributed by atoms with Crippen molar-refractivity contribution in [2.75, 3.05) is 0 Å². The summed E-state index contributed by atoms with van der Waals surface area (Å²) >= 11 is 0. The summed E-state index contributed by atoms with van der Waals surface area (Å²) in [5, 5.41) is 24.5. The Bertz CT molecular complexity index is 5680. The average Bonchev–Trinajstić information content (AvgIpc) is 1.65. The highest BCUT2D eigenvalue weighted by Gasteiger charge is 2.24. The molecule has 0 aliphatic heterocycles. The Morgan fingerprint density at radius 2 is 0.457 bits per heavy atom. The highest BCUT2D eigenvalue weighted by molar-refractivity contribution is 6.17. The van der Waals surface area contributed by atoms with Gasteiger partial charge in [-0.25, -0.2) is 4.98 Å². The molecule has 7 heterocycles. The lowest BCUT2D eigenvalue weighted by Crippen LogP contribution is -2.05. The highest BCUT2D eigenvalue weighted by Crippen LogP contribution is 2.44. The fourth-order valence-electron chi connectivity index (χ4n) is 15.5. The Kier molecular flexibility index (Phi) is 10.5. The molecule has 20 rings (SSSR count). The van der Waals surface area contributed by atoms with Crippen LogP contribution in [0.2, 0.25) is 0 Å². The SMILES string of the molecule is N#Cc1cccc(-c2cc(-n3c4ccc(-n5c6ccccc6c6ccccc65)cc4c4cc(-n5c6ccccc6c6ccccc65)ccc43)nc(-n3c4ccc(-n5c6ccccc6c6ccccc65)cc4c4cc(-n5c6ccccc6c6ccccc65)ccc43)c2)c1. The van der Waals surface area contributed by atoms with Crippen molar-refractivity contribution in [2.24, 2.45) is 0 Å². The molecule has 0 amide bonds. The number of nitrogens with zero attached hydrogens (tertiary/aromatic N) is 8. The van der Waals surface area contributed by atoms with Crippen molar-refractivity contribution in [2.45, 2.75) is 0 Å². The van der Waals surface area contributed by atoms with Gasteiger partial charge in [0.05, 0.1) is 77.8 Å². The molecule has 13 aromatic carbocycles. The lowest BCUT2D eigenvalue weighted by Gasteiger charge is -2.16. The van der Waals surface area contributed by atoms with Crippen molar-refractivity contribution >= 4 is 131 Å². The minimum Gasteiger partial charge on any atom is -0.309 e. The Labute approximate surface area is 526 Å². The van der Waals surface area contributed by atoms with E-state index >= 15 is 0 Å². The van der Waals surface area contributed by atoms with Crippen molar-refractivity contribution in [3.63, 3.8) is 0 Å². The van der Waals surface area contributed by atoms with Crippen LogP contribution < -0.4 is 0 Å². The molecular formula is C84H50N8. The third-order valence-corrected chi connectivity index (χ3v) is 19.4. The van der Waals surface area contributed by atoms with Crippen molar-refractivity contribution < 1.29 is 0 Å². The number of fused-ring (bicyclic) bond motifs is 18. The van der Waals surface area contributed by atoms with Crippen LogP contribution in [-0.4, -0.2) is 32.4 Å². The van der Waals surface area contributed by atoms with Crippen LogP contribution in [0, 0.1) is 11.3 Å². The van der Waals surface area contributed by atoms with Gasteiger partial charge in [-0.2, -0.15) is 5.26 Å². The number of hydrogen-bond acceptors (Lipinski definition) is 2. The maximum absolute atomic E-state index is 10.4. The molecule has 0 saturated heterocycles. The predicted molar refractivity (Wildman–Crippen MR) is 380 cm³/mol. The van der Waals surface area contributed by atoms with Crippen LogP contribution in [0.3, 0.4) is 0 Å². The second-order valence-electron chi connectivity index (χ2n) is 24.2. The van der Waals surface area contributed by atoms with Gasteiger partial charge in [-0.1, -0.05) is 158 Å². The Morgan fingerprint density at radius 1 is 0.207 bits per heavy atom. The molecule has 0 bridgehead atoms. The Balaban J connectivity index is 0.877. The fraction of sp³-hybridized carbons (Fsp3) is 0. The summed E-state index contributed by atoms with van der Waals surface area (Å²) in [6.07, 6.45) is 0. The standard InChI is InChI=1S/C84H50N8/c85-51-52-18-17-19-53(44-52)54-45-83(91-79-40-36-55(87-71-28-9-1-20-59(71)60-21-2-10-29-72(60)87)47-67(79)68-48-56(37-41-80(68)91)88-73-30-11-3-22-61(73)62-23-4-12-31-74(62)88)86-84(46-54)92-81-42-38-57(89-75-32-13-5-24-63(75)64-25-6-14-33-76(64)89)49-69(81)70-50-58(39-43-82(70)92)90-77-34-15-7-26-65(77)66-27-8-16-35-78(66)90/h1-50H. The summed E-state index contributed by atoms with van der Waals surface area (Å²) in [6, 6.07) is 112. The maximum atomic E-state index is 10.4. The minimum absolute atomic E-state index is 0.585. The van der Waals surface area contributed by atoms with Crippen molar-refractivity contribution in [3.05, 3.63) is 309 Å². The van der Waals surface area contributed by atoms with E-state index in [9.17, 15) is 5.26 Å². The molecule has 0 fully saturated rings. The largest absolute Gasteiger partial charge is 0.309 e. The fourth-order valence-corrected chi connectivity index (χ4v) is 15.5. The van der Waals surface area contributed by atoms with E-state index in [1.807, 2.05) is 18.2 Å².